The minimum atomic E-state index is -4.90. The number of nitrogens with one attached hydrogen (secondary N) is 1. The van der Waals surface area contributed by atoms with Crippen molar-refractivity contribution in [1.82, 2.24) is 20.3 Å². The molecule has 43 heavy (non-hydrogen) atoms. The summed E-state index contributed by atoms with van der Waals surface area (Å²) < 4.78 is 61.1. The van der Waals surface area contributed by atoms with Crippen molar-refractivity contribution in [2.24, 2.45) is 0 Å². The largest absolute Gasteiger partial charge is 0.463 e. The normalized spacial score (nSPS) is 17.6. The lowest BCUT2D eigenvalue weighted by Gasteiger charge is -2.36. The molecule has 0 unspecified atom stereocenters. The van der Waals surface area contributed by atoms with Crippen molar-refractivity contribution < 1.29 is 31.1 Å². The van der Waals surface area contributed by atoms with Crippen LogP contribution in [0.4, 0.5) is 14.6 Å². The van der Waals surface area contributed by atoms with E-state index in [2.05, 4.69) is 15.2 Å². The third kappa shape index (κ3) is 5.77. The molecule has 222 valence electrons. The van der Waals surface area contributed by atoms with Crippen LogP contribution in [0.25, 0.3) is 33.3 Å². The van der Waals surface area contributed by atoms with Crippen LogP contribution in [-0.2, 0) is 21.1 Å². The van der Waals surface area contributed by atoms with Gasteiger partial charge >= 0.3 is 5.76 Å². The first-order chi connectivity index (χ1) is 20.6. The number of furan rings is 1. The fourth-order valence-corrected chi connectivity index (χ4v) is 5.98. The number of pyridine rings is 3. The van der Waals surface area contributed by atoms with E-state index in [0.29, 0.717) is 16.9 Å². The first-order valence-corrected chi connectivity index (χ1v) is 15.1. The second-order valence-corrected chi connectivity index (χ2v) is 12.3. The van der Waals surface area contributed by atoms with Gasteiger partial charge in [0, 0.05) is 35.6 Å². The molecule has 1 aromatic carbocycles. The Kier molecular flexibility index (Phi) is 7.52. The van der Waals surface area contributed by atoms with Gasteiger partial charge in [-0.05, 0) is 62.4 Å². The van der Waals surface area contributed by atoms with Gasteiger partial charge in [-0.1, -0.05) is 6.07 Å². The summed E-state index contributed by atoms with van der Waals surface area (Å²) in [6, 6.07) is 15.4. The highest BCUT2D eigenvalue weighted by atomic mass is 32.2. The standard InChI is InChI=1S/C30H27F2N5O5S/c1-17-14-37(15-18(2)42-17)28-5-3-4-23(36-28)24-8-6-20-12-33-21(11-25(20)35-24)13-34-29(38)19-7-9-26-22(10-19)27(16-41-26)43(39,40)30(31)32/h3-12,16-18,30H,13-15H2,1-2H3,(H,34,38)/t17-,18+. The summed E-state index contributed by atoms with van der Waals surface area (Å²) in [5.41, 5.74) is 2.76. The minimum Gasteiger partial charge on any atom is -0.463 e. The van der Waals surface area contributed by atoms with Crippen molar-refractivity contribution in [3.05, 3.63) is 78.3 Å². The van der Waals surface area contributed by atoms with Crippen molar-refractivity contribution in [2.45, 2.75) is 43.3 Å². The molecule has 1 saturated heterocycles. The Hall–Kier alpha value is -4.49. The molecule has 0 spiro atoms. The molecule has 0 aliphatic carbocycles. The predicted octanol–water partition coefficient (Wildman–Crippen LogP) is 4.98. The first kappa shape index (κ1) is 28.6. The Labute approximate surface area is 245 Å². The average molecular weight is 608 g/mol. The number of anilines is 1. The van der Waals surface area contributed by atoms with Gasteiger partial charge in [-0.3, -0.25) is 9.78 Å². The van der Waals surface area contributed by atoms with E-state index in [0.717, 1.165) is 36.3 Å². The zero-order valence-electron chi connectivity index (χ0n) is 23.2. The maximum absolute atomic E-state index is 13.1. The quantitative estimate of drug-likeness (QED) is 0.273. The van der Waals surface area contributed by atoms with Crippen LogP contribution in [0.3, 0.4) is 0 Å². The molecule has 0 radical (unpaired) electrons. The number of hydrogen-bond donors (Lipinski definition) is 1. The number of sulfone groups is 1. The smallest absolute Gasteiger partial charge is 0.341 e. The molecule has 4 aromatic heterocycles. The minimum absolute atomic E-state index is 0.0490. The number of nitrogens with zero attached hydrogens (tertiary/aromatic N) is 4. The highest BCUT2D eigenvalue weighted by Gasteiger charge is 2.30. The van der Waals surface area contributed by atoms with E-state index in [1.54, 1.807) is 12.3 Å². The first-order valence-electron chi connectivity index (χ1n) is 13.5. The van der Waals surface area contributed by atoms with Crippen molar-refractivity contribution in [1.29, 1.82) is 0 Å². The number of amides is 1. The molecule has 5 aromatic rings. The molecular formula is C30H27F2N5O5S. The van der Waals surface area contributed by atoms with Crippen LogP contribution in [-0.4, -0.2) is 60.3 Å². The Morgan fingerprint density at radius 3 is 2.58 bits per heavy atom. The molecule has 13 heteroatoms. The van der Waals surface area contributed by atoms with E-state index in [4.69, 9.17) is 19.1 Å². The SMILES string of the molecule is C[C@@H]1CN(c2cccc(-c3ccc4cnc(CNC(=O)c5ccc6occ(S(=O)(=O)C(F)F)c6c5)cc4n3)n2)C[C@H](C)O1. The van der Waals surface area contributed by atoms with Crippen LogP contribution < -0.4 is 10.2 Å². The summed E-state index contributed by atoms with van der Waals surface area (Å²) in [5, 5.41) is 3.45. The van der Waals surface area contributed by atoms with Gasteiger partial charge in [0.15, 0.2) is 0 Å². The fourth-order valence-electron chi connectivity index (χ4n) is 5.14. The van der Waals surface area contributed by atoms with Gasteiger partial charge in [-0.15, -0.1) is 0 Å². The molecular weight excluding hydrogens is 580 g/mol. The average Bonchev–Trinajstić information content (AvgIpc) is 3.43. The number of aromatic nitrogens is 3. The molecule has 0 bridgehead atoms. The molecule has 1 aliphatic heterocycles. The van der Waals surface area contributed by atoms with Gasteiger partial charge in [0.1, 0.15) is 22.6 Å². The van der Waals surface area contributed by atoms with Crippen LogP contribution in [0.5, 0.6) is 0 Å². The predicted molar refractivity (Wildman–Crippen MR) is 156 cm³/mol. The van der Waals surface area contributed by atoms with Crippen LogP contribution in [0.15, 0.2) is 76.4 Å². The van der Waals surface area contributed by atoms with E-state index in [9.17, 15) is 22.0 Å². The molecule has 0 saturated carbocycles. The van der Waals surface area contributed by atoms with Crippen LogP contribution in [0.2, 0.25) is 0 Å². The van der Waals surface area contributed by atoms with E-state index in [-0.39, 0.29) is 35.3 Å². The molecule has 1 N–H and O–H groups in total. The number of rotatable bonds is 7. The molecule has 1 fully saturated rings. The van der Waals surface area contributed by atoms with E-state index in [1.165, 1.54) is 18.2 Å². The van der Waals surface area contributed by atoms with Crippen LogP contribution in [0, 0.1) is 0 Å². The Balaban J connectivity index is 1.20. The van der Waals surface area contributed by atoms with Gasteiger partial charge in [0.25, 0.3) is 5.91 Å². The third-order valence-electron chi connectivity index (χ3n) is 7.14. The van der Waals surface area contributed by atoms with E-state index < -0.39 is 26.4 Å². The lowest BCUT2D eigenvalue weighted by atomic mass is 10.1. The zero-order chi connectivity index (χ0) is 30.3. The lowest BCUT2D eigenvalue weighted by Crippen LogP contribution is -2.45. The van der Waals surface area contributed by atoms with Crippen molar-refractivity contribution >= 4 is 43.4 Å². The highest BCUT2D eigenvalue weighted by Crippen LogP contribution is 2.30. The number of morpholine rings is 1. The number of alkyl halides is 2. The number of ether oxygens (including phenoxy) is 1. The van der Waals surface area contributed by atoms with Gasteiger partial charge in [0.05, 0.1) is 41.4 Å². The number of hydrogen-bond acceptors (Lipinski definition) is 9. The topological polar surface area (TPSA) is 128 Å². The molecule has 1 aliphatic rings. The lowest BCUT2D eigenvalue weighted by molar-refractivity contribution is -0.00545. The van der Waals surface area contributed by atoms with E-state index >= 15 is 0 Å². The summed E-state index contributed by atoms with van der Waals surface area (Å²) in [6.45, 7) is 5.64. The number of benzene rings is 1. The van der Waals surface area contributed by atoms with Gasteiger partial charge in [-0.2, -0.15) is 8.78 Å². The number of fused-ring (bicyclic) bond motifs is 2. The monoisotopic (exact) mass is 607 g/mol. The van der Waals surface area contributed by atoms with Gasteiger partial charge in [-0.25, -0.2) is 18.4 Å². The summed E-state index contributed by atoms with van der Waals surface area (Å²) in [6.07, 6.45) is 2.62. The molecule has 6 rings (SSSR count). The fraction of sp³-hybridized carbons (Fsp3) is 0.267. The number of halogens is 2. The summed E-state index contributed by atoms with van der Waals surface area (Å²) in [7, 11) is -4.90. The Bertz CT molecular complexity index is 1940. The Morgan fingerprint density at radius 2 is 1.81 bits per heavy atom. The summed E-state index contributed by atoms with van der Waals surface area (Å²) >= 11 is 0. The van der Waals surface area contributed by atoms with E-state index in [1.807, 2.05) is 44.2 Å². The third-order valence-corrected chi connectivity index (χ3v) is 8.54. The highest BCUT2D eigenvalue weighted by molar-refractivity contribution is 7.92. The van der Waals surface area contributed by atoms with Crippen LogP contribution >= 0.6 is 0 Å². The maximum Gasteiger partial charge on any atom is 0.341 e. The van der Waals surface area contributed by atoms with Crippen molar-refractivity contribution in [2.75, 3.05) is 18.0 Å². The summed E-state index contributed by atoms with van der Waals surface area (Å²) in [5.74, 6) is -3.30. The molecule has 10 nitrogen and oxygen atoms in total. The van der Waals surface area contributed by atoms with Crippen molar-refractivity contribution in [3.8, 4) is 11.4 Å². The number of carbonyl (C=O) groups is 1. The second kappa shape index (κ2) is 11.3. The number of carbonyl (C=O) groups excluding carboxylic acids is 1. The summed E-state index contributed by atoms with van der Waals surface area (Å²) in [4.78, 5) is 28.5. The van der Waals surface area contributed by atoms with Gasteiger partial charge in [0.2, 0.25) is 9.84 Å². The van der Waals surface area contributed by atoms with Gasteiger partial charge < -0.3 is 19.4 Å². The zero-order valence-corrected chi connectivity index (χ0v) is 24.0. The molecule has 5 heterocycles. The Morgan fingerprint density at radius 1 is 1.05 bits per heavy atom. The molecule has 1 amide bonds. The van der Waals surface area contributed by atoms with Crippen molar-refractivity contribution in [3.63, 3.8) is 0 Å². The molecule has 2 atom stereocenters. The maximum atomic E-state index is 13.1. The van der Waals surface area contributed by atoms with Crippen LogP contribution in [0.1, 0.15) is 29.9 Å². The second-order valence-electron chi connectivity index (χ2n) is 10.4.